The number of aryl methyl sites for hydroxylation is 1. The Kier molecular flexibility index (Phi) is 7.07. The van der Waals surface area contributed by atoms with Crippen molar-refractivity contribution in [3.8, 4) is 0 Å². The van der Waals surface area contributed by atoms with Gasteiger partial charge in [-0.25, -0.2) is 9.80 Å². The molecule has 2 unspecified atom stereocenters. The Balaban J connectivity index is 1.66. The zero-order chi connectivity index (χ0) is 22.5. The van der Waals surface area contributed by atoms with Crippen LogP contribution < -0.4 is 10.3 Å². The summed E-state index contributed by atoms with van der Waals surface area (Å²) in [5, 5.41) is 8.62. The van der Waals surface area contributed by atoms with Crippen LogP contribution in [0.2, 0.25) is 5.02 Å². The molecule has 162 valence electrons. The van der Waals surface area contributed by atoms with Gasteiger partial charge in [-0.15, -0.1) is 0 Å². The quantitative estimate of drug-likeness (QED) is 0.687. The lowest BCUT2D eigenvalue weighted by molar-refractivity contribution is -0.149. The average molecular weight is 442 g/mol. The van der Waals surface area contributed by atoms with Gasteiger partial charge in [0.1, 0.15) is 5.71 Å². The molecule has 0 radical (unpaired) electrons. The van der Waals surface area contributed by atoms with Gasteiger partial charge >= 0.3 is 5.97 Å². The van der Waals surface area contributed by atoms with E-state index in [9.17, 15) is 14.4 Å². The van der Waals surface area contributed by atoms with Gasteiger partial charge in [0.05, 0.1) is 11.7 Å². The molecule has 0 aromatic heterocycles. The number of hydrazone groups is 1. The van der Waals surface area contributed by atoms with E-state index in [1.807, 2.05) is 44.2 Å². The van der Waals surface area contributed by atoms with Crippen LogP contribution in [0.15, 0.2) is 53.6 Å². The second-order valence-electron chi connectivity index (χ2n) is 7.37. The van der Waals surface area contributed by atoms with Gasteiger partial charge in [-0.05, 0) is 44.0 Å². The Morgan fingerprint density at radius 2 is 1.84 bits per heavy atom. The molecule has 1 aliphatic heterocycles. The van der Waals surface area contributed by atoms with Crippen molar-refractivity contribution < 1.29 is 19.1 Å². The largest absolute Gasteiger partial charge is 0.448 e. The molecule has 2 amide bonds. The zero-order valence-corrected chi connectivity index (χ0v) is 18.3. The van der Waals surface area contributed by atoms with E-state index in [2.05, 4.69) is 10.4 Å². The summed E-state index contributed by atoms with van der Waals surface area (Å²) in [6, 6.07) is 14.3. The number of nitrogens with zero attached hydrogens (tertiary/aromatic N) is 2. The fourth-order valence-electron chi connectivity index (χ4n) is 3.05. The third-order valence-electron chi connectivity index (χ3n) is 4.98. The lowest BCUT2D eigenvalue weighted by Crippen LogP contribution is -2.40. The first-order chi connectivity index (χ1) is 14.8. The Labute approximate surface area is 186 Å². The van der Waals surface area contributed by atoms with E-state index in [1.165, 1.54) is 6.92 Å². The third-order valence-corrected chi connectivity index (χ3v) is 5.39. The topological polar surface area (TPSA) is 88.1 Å². The highest BCUT2D eigenvalue weighted by Gasteiger charge is 2.29. The van der Waals surface area contributed by atoms with Crippen LogP contribution in [-0.2, 0) is 19.1 Å². The van der Waals surface area contributed by atoms with Crippen LogP contribution in [0.1, 0.15) is 43.9 Å². The van der Waals surface area contributed by atoms with Crippen LogP contribution >= 0.6 is 11.6 Å². The normalized spacial score (nSPS) is 15.7. The Bertz CT molecular complexity index is 1020. The number of hydrogen-bond donors (Lipinski definition) is 1. The molecular weight excluding hydrogens is 418 g/mol. The van der Waals surface area contributed by atoms with Crippen molar-refractivity contribution >= 4 is 40.8 Å². The number of anilines is 1. The van der Waals surface area contributed by atoms with E-state index in [1.54, 1.807) is 18.2 Å². The van der Waals surface area contributed by atoms with Gasteiger partial charge in [0.15, 0.2) is 6.10 Å². The van der Waals surface area contributed by atoms with Crippen molar-refractivity contribution in [1.29, 1.82) is 0 Å². The van der Waals surface area contributed by atoms with E-state index in [0.717, 1.165) is 16.1 Å². The highest BCUT2D eigenvalue weighted by molar-refractivity contribution is 6.38. The molecule has 2 aromatic rings. The van der Waals surface area contributed by atoms with Crippen LogP contribution in [0.4, 0.5) is 5.69 Å². The molecule has 2 atom stereocenters. The molecule has 0 saturated carbocycles. The van der Waals surface area contributed by atoms with Crippen LogP contribution in [0.3, 0.4) is 0 Å². The predicted octanol–water partition coefficient (Wildman–Crippen LogP) is 3.94. The second-order valence-corrected chi connectivity index (χ2v) is 7.78. The SMILES string of the molecule is Cc1ccc(N2N=C(C(=O)OC(C)C(=O)NC(C)c3ccccc3)CCC2=O)cc1Cl. The van der Waals surface area contributed by atoms with Gasteiger partial charge in [0.25, 0.3) is 5.91 Å². The van der Waals surface area contributed by atoms with Crippen molar-refractivity contribution in [3.05, 3.63) is 64.7 Å². The first-order valence-electron chi connectivity index (χ1n) is 9.99. The smallest absolute Gasteiger partial charge is 0.355 e. The van der Waals surface area contributed by atoms with Crippen LogP contribution in [0, 0.1) is 6.92 Å². The molecule has 7 nitrogen and oxygen atoms in total. The maximum absolute atomic E-state index is 12.6. The van der Waals surface area contributed by atoms with E-state index < -0.39 is 18.0 Å². The molecule has 1 heterocycles. The minimum absolute atomic E-state index is 0.0760. The summed E-state index contributed by atoms with van der Waals surface area (Å²) in [6.45, 7) is 5.20. The van der Waals surface area contributed by atoms with Crippen molar-refractivity contribution in [2.24, 2.45) is 5.10 Å². The number of benzene rings is 2. The van der Waals surface area contributed by atoms with Gasteiger partial charge in [0, 0.05) is 17.9 Å². The number of nitrogens with one attached hydrogen (secondary N) is 1. The first kappa shape index (κ1) is 22.5. The summed E-state index contributed by atoms with van der Waals surface area (Å²) >= 11 is 6.15. The zero-order valence-electron chi connectivity index (χ0n) is 17.6. The molecule has 0 saturated heterocycles. The highest BCUT2D eigenvalue weighted by Crippen LogP contribution is 2.26. The lowest BCUT2D eigenvalue weighted by atomic mass is 10.1. The van der Waals surface area contributed by atoms with Crippen LogP contribution in [0.25, 0.3) is 0 Å². The van der Waals surface area contributed by atoms with Crippen LogP contribution in [0.5, 0.6) is 0 Å². The molecule has 0 aliphatic carbocycles. The van der Waals surface area contributed by atoms with E-state index in [-0.39, 0.29) is 30.5 Å². The molecule has 2 aromatic carbocycles. The summed E-state index contributed by atoms with van der Waals surface area (Å²) in [7, 11) is 0. The lowest BCUT2D eigenvalue weighted by Gasteiger charge is -2.24. The fraction of sp³-hybridized carbons (Fsp3) is 0.304. The van der Waals surface area contributed by atoms with E-state index >= 15 is 0 Å². The molecule has 31 heavy (non-hydrogen) atoms. The molecule has 3 rings (SSSR count). The monoisotopic (exact) mass is 441 g/mol. The van der Waals surface area contributed by atoms with Crippen molar-refractivity contribution in [2.45, 2.75) is 45.8 Å². The van der Waals surface area contributed by atoms with Crippen molar-refractivity contribution in [2.75, 3.05) is 5.01 Å². The highest BCUT2D eigenvalue weighted by atomic mass is 35.5. The number of carbonyl (C=O) groups is 3. The molecule has 0 fully saturated rings. The Morgan fingerprint density at radius 1 is 1.13 bits per heavy atom. The first-order valence-corrected chi connectivity index (χ1v) is 10.4. The number of hydrogen-bond acceptors (Lipinski definition) is 5. The molecule has 8 heteroatoms. The summed E-state index contributed by atoms with van der Waals surface area (Å²) in [4.78, 5) is 37.3. The van der Waals surface area contributed by atoms with Gasteiger partial charge in [-0.3, -0.25) is 9.59 Å². The standard InChI is InChI=1S/C23H24ClN3O4/c1-14-9-10-18(13-19(14)24)27-21(28)12-11-20(26-27)23(30)31-16(3)22(29)25-15(2)17-7-5-4-6-8-17/h4-10,13,15-16H,11-12H2,1-3H3,(H,25,29). The van der Waals surface area contributed by atoms with E-state index in [0.29, 0.717) is 10.7 Å². The summed E-state index contributed by atoms with van der Waals surface area (Å²) < 4.78 is 5.30. The van der Waals surface area contributed by atoms with Gasteiger partial charge < -0.3 is 10.1 Å². The molecule has 1 aliphatic rings. The maximum atomic E-state index is 12.6. The summed E-state index contributed by atoms with van der Waals surface area (Å²) in [5.74, 6) is -1.40. The van der Waals surface area contributed by atoms with Crippen molar-refractivity contribution in [1.82, 2.24) is 5.32 Å². The number of ether oxygens (including phenoxy) is 1. The number of esters is 1. The summed E-state index contributed by atoms with van der Waals surface area (Å²) in [5.41, 5.74) is 2.35. The Morgan fingerprint density at radius 3 is 2.52 bits per heavy atom. The molecule has 1 N–H and O–H groups in total. The van der Waals surface area contributed by atoms with Gasteiger partial charge in [0.2, 0.25) is 5.91 Å². The van der Waals surface area contributed by atoms with E-state index in [4.69, 9.17) is 16.3 Å². The minimum Gasteiger partial charge on any atom is -0.448 e. The number of halogens is 1. The number of carbonyl (C=O) groups excluding carboxylic acids is 3. The maximum Gasteiger partial charge on any atom is 0.355 e. The number of rotatable bonds is 6. The molecular formula is C23H24ClN3O4. The fourth-order valence-corrected chi connectivity index (χ4v) is 3.23. The van der Waals surface area contributed by atoms with Crippen LogP contribution in [-0.4, -0.2) is 29.6 Å². The predicted molar refractivity (Wildman–Crippen MR) is 119 cm³/mol. The number of amides is 2. The average Bonchev–Trinajstić information content (AvgIpc) is 2.76. The second kappa shape index (κ2) is 9.75. The van der Waals surface area contributed by atoms with Gasteiger partial charge in [-0.1, -0.05) is 48.0 Å². The van der Waals surface area contributed by atoms with Crippen molar-refractivity contribution in [3.63, 3.8) is 0 Å². The Hall–Kier alpha value is -3.19. The molecule has 0 bridgehead atoms. The summed E-state index contributed by atoms with van der Waals surface area (Å²) in [6.07, 6.45) is -0.769. The van der Waals surface area contributed by atoms with Gasteiger partial charge in [-0.2, -0.15) is 5.10 Å². The third kappa shape index (κ3) is 5.49. The molecule has 0 spiro atoms. The minimum atomic E-state index is -1.01.